The van der Waals surface area contributed by atoms with E-state index in [9.17, 15) is 0 Å². The molecule has 0 rings (SSSR count). The van der Waals surface area contributed by atoms with Crippen LogP contribution in [0.15, 0.2) is 11.8 Å². The highest BCUT2D eigenvalue weighted by Crippen LogP contribution is 2.19. The van der Waals surface area contributed by atoms with Crippen LogP contribution >= 0.6 is 0 Å². The van der Waals surface area contributed by atoms with Crippen LogP contribution in [0.4, 0.5) is 0 Å². The molecule has 0 N–H and O–H groups in total. The first-order valence-electron chi connectivity index (χ1n) is 6.38. The lowest BCUT2D eigenvalue weighted by atomic mass is 10.4. The van der Waals surface area contributed by atoms with E-state index in [2.05, 4.69) is 51.8 Å². The first-order chi connectivity index (χ1) is 6.96. The van der Waals surface area contributed by atoms with E-state index in [4.69, 9.17) is 0 Å². The molecule has 0 unspecified atom stereocenters. The zero-order chi connectivity index (χ0) is 11.9. The number of hydrogen-bond acceptors (Lipinski definition) is 1. The smallest absolute Gasteiger partial charge is 0.0511 e. The molecular weight excluding hydrogens is 198 g/mol. The Bertz CT molecular complexity index is 193. The third-order valence-electron chi connectivity index (χ3n) is 3.14. The number of hydrogen-bond donors (Lipinski definition) is 0. The lowest BCUT2D eigenvalue weighted by Gasteiger charge is -2.24. The van der Waals surface area contributed by atoms with Crippen molar-refractivity contribution in [2.75, 3.05) is 13.1 Å². The van der Waals surface area contributed by atoms with Crippen molar-refractivity contribution in [1.82, 2.24) is 4.90 Å². The molecule has 0 aliphatic rings. The van der Waals surface area contributed by atoms with Crippen molar-refractivity contribution in [2.24, 2.45) is 0 Å². The third-order valence-corrected chi connectivity index (χ3v) is 6.30. The summed E-state index contributed by atoms with van der Waals surface area (Å²) in [5.74, 6) is 0. The van der Waals surface area contributed by atoms with Gasteiger partial charge in [-0.1, -0.05) is 38.6 Å². The van der Waals surface area contributed by atoms with Crippen LogP contribution < -0.4 is 0 Å². The van der Waals surface area contributed by atoms with Gasteiger partial charge in [0.15, 0.2) is 0 Å². The van der Waals surface area contributed by atoms with Crippen LogP contribution in [0.2, 0.25) is 25.2 Å². The van der Waals surface area contributed by atoms with Gasteiger partial charge in [-0.05, 0) is 26.8 Å². The van der Waals surface area contributed by atoms with Gasteiger partial charge in [0.05, 0.1) is 8.07 Å². The van der Waals surface area contributed by atoms with E-state index in [0.717, 1.165) is 13.1 Å². The summed E-state index contributed by atoms with van der Waals surface area (Å²) in [7, 11) is -0.941. The van der Waals surface area contributed by atoms with Crippen LogP contribution in [0.5, 0.6) is 0 Å². The van der Waals surface area contributed by atoms with Crippen molar-refractivity contribution < 1.29 is 0 Å². The minimum Gasteiger partial charge on any atom is -0.376 e. The van der Waals surface area contributed by atoms with Crippen molar-refractivity contribution in [3.63, 3.8) is 0 Å². The molecule has 0 bridgehead atoms. The number of rotatable bonds is 7. The quantitative estimate of drug-likeness (QED) is 0.585. The van der Waals surface area contributed by atoms with Crippen LogP contribution in [-0.4, -0.2) is 26.1 Å². The molecule has 0 aliphatic carbocycles. The van der Waals surface area contributed by atoms with Gasteiger partial charge in [0, 0.05) is 18.8 Å². The van der Waals surface area contributed by atoms with Gasteiger partial charge in [-0.25, -0.2) is 0 Å². The van der Waals surface area contributed by atoms with Crippen LogP contribution in [0.3, 0.4) is 0 Å². The van der Waals surface area contributed by atoms with Gasteiger partial charge in [-0.2, -0.15) is 0 Å². The van der Waals surface area contributed by atoms with E-state index in [1.54, 1.807) is 0 Å². The minimum absolute atomic E-state index is 0.941. The fourth-order valence-corrected chi connectivity index (χ4v) is 4.46. The van der Waals surface area contributed by atoms with E-state index in [1.165, 1.54) is 24.2 Å². The highest BCUT2D eigenvalue weighted by molar-refractivity contribution is 6.77. The molecule has 15 heavy (non-hydrogen) atoms. The third kappa shape index (κ3) is 6.03. The Kier molecular flexibility index (Phi) is 6.99. The highest BCUT2D eigenvalue weighted by Gasteiger charge is 2.17. The topological polar surface area (TPSA) is 3.24 Å². The van der Waals surface area contributed by atoms with Gasteiger partial charge < -0.3 is 4.90 Å². The molecule has 0 atom stereocenters. The van der Waals surface area contributed by atoms with Crippen molar-refractivity contribution >= 4 is 8.07 Å². The molecule has 2 heteroatoms. The molecule has 0 aromatic carbocycles. The van der Waals surface area contributed by atoms with Crippen LogP contribution in [-0.2, 0) is 0 Å². The molecule has 0 heterocycles. The van der Waals surface area contributed by atoms with Crippen molar-refractivity contribution in [1.29, 1.82) is 0 Å². The van der Waals surface area contributed by atoms with E-state index in [-0.39, 0.29) is 0 Å². The van der Waals surface area contributed by atoms with Crippen LogP contribution in [0, 0.1) is 0 Å². The summed E-state index contributed by atoms with van der Waals surface area (Å²) in [5, 5.41) is 0. The Labute approximate surface area is 97.6 Å². The van der Waals surface area contributed by atoms with Crippen molar-refractivity contribution in [2.45, 2.75) is 59.3 Å². The van der Waals surface area contributed by atoms with Crippen molar-refractivity contribution in [3.8, 4) is 0 Å². The summed E-state index contributed by atoms with van der Waals surface area (Å²) in [6.45, 7) is 16.3. The Balaban J connectivity index is 4.25. The first-order valence-corrected chi connectivity index (χ1v) is 9.80. The van der Waals surface area contributed by atoms with Crippen LogP contribution in [0.25, 0.3) is 0 Å². The second kappa shape index (κ2) is 7.10. The summed E-state index contributed by atoms with van der Waals surface area (Å²) in [6, 6.07) is 2.79. The van der Waals surface area contributed by atoms with E-state index in [1.807, 2.05) is 0 Å². The van der Waals surface area contributed by atoms with Gasteiger partial charge in [0.1, 0.15) is 0 Å². The minimum atomic E-state index is -0.941. The molecule has 0 aliphatic heterocycles. The van der Waals surface area contributed by atoms with Crippen molar-refractivity contribution in [3.05, 3.63) is 11.8 Å². The molecule has 90 valence electrons. The monoisotopic (exact) mass is 227 g/mol. The average molecular weight is 227 g/mol. The lowest BCUT2D eigenvalue weighted by Crippen LogP contribution is -2.25. The Morgan fingerprint density at radius 2 is 1.67 bits per heavy atom. The second-order valence-electron chi connectivity index (χ2n) is 5.14. The average Bonchev–Trinajstić information content (AvgIpc) is 2.17. The highest BCUT2D eigenvalue weighted by atomic mass is 28.3. The molecule has 0 fully saturated rings. The number of nitrogens with zero attached hydrogens (tertiary/aromatic N) is 1. The fraction of sp³-hybridized carbons (Fsp3) is 0.846. The molecule has 1 nitrogen and oxygen atoms in total. The first kappa shape index (κ1) is 14.8. The molecule has 0 aromatic rings. The van der Waals surface area contributed by atoms with E-state index < -0.39 is 8.07 Å². The van der Waals surface area contributed by atoms with E-state index >= 15 is 0 Å². The standard InChI is InChI=1S/C13H29NSi/c1-7-11-15(5,6)12-10-13(4)14(8-2)9-3/h10H,7-9,11-12H2,1-6H3. The summed E-state index contributed by atoms with van der Waals surface area (Å²) >= 11 is 0. The van der Waals surface area contributed by atoms with Gasteiger partial charge in [-0.3, -0.25) is 0 Å². The fourth-order valence-electron chi connectivity index (χ4n) is 2.05. The summed E-state index contributed by atoms with van der Waals surface area (Å²) in [4.78, 5) is 2.44. The number of allylic oxidation sites excluding steroid dienone is 2. The molecule has 0 saturated carbocycles. The summed E-state index contributed by atoms with van der Waals surface area (Å²) in [5.41, 5.74) is 1.47. The Morgan fingerprint density at radius 1 is 1.13 bits per heavy atom. The molecule has 0 spiro atoms. The SMILES string of the molecule is CCC[Si](C)(C)CC=C(C)N(CC)CC. The Hall–Kier alpha value is -0.243. The van der Waals surface area contributed by atoms with Gasteiger partial charge in [0.2, 0.25) is 0 Å². The predicted octanol–water partition coefficient (Wildman–Crippen LogP) is 4.35. The van der Waals surface area contributed by atoms with E-state index in [0.29, 0.717) is 0 Å². The second-order valence-corrected chi connectivity index (χ2v) is 10.4. The molecule has 0 amide bonds. The predicted molar refractivity (Wildman–Crippen MR) is 74.1 cm³/mol. The summed E-state index contributed by atoms with van der Waals surface area (Å²) < 4.78 is 0. The molecular formula is C13H29NSi. The Morgan fingerprint density at radius 3 is 2.07 bits per heavy atom. The molecule has 0 aromatic heterocycles. The molecule has 0 radical (unpaired) electrons. The van der Waals surface area contributed by atoms with Crippen LogP contribution in [0.1, 0.15) is 34.1 Å². The normalized spacial score (nSPS) is 13.1. The lowest BCUT2D eigenvalue weighted by molar-refractivity contribution is 0.383. The molecule has 0 saturated heterocycles. The zero-order valence-corrected chi connectivity index (χ0v) is 12.6. The maximum absolute atomic E-state index is 2.50. The largest absolute Gasteiger partial charge is 0.376 e. The van der Waals surface area contributed by atoms with Gasteiger partial charge >= 0.3 is 0 Å². The zero-order valence-electron chi connectivity index (χ0n) is 11.6. The maximum Gasteiger partial charge on any atom is 0.0511 e. The summed E-state index contributed by atoms with van der Waals surface area (Å²) in [6.07, 6.45) is 3.81. The van der Waals surface area contributed by atoms with Gasteiger partial charge in [-0.15, -0.1) is 0 Å². The van der Waals surface area contributed by atoms with Gasteiger partial charge in [0.25, 0.3) is 0 Å². The maximum atomic E-state index is 2.50.